The number of hydrogen-bond acceptors (Lipinski definition) is 7. The molecule has 4 rings (SSSR count). The molecule has 3 unspecified atom stereocenters. The van der Waals surface area contributed by atoms with Crippen LogP contribution in [0.3, 0.4) is 0 Å². The molecule has 0 saturated carbocycles. The minimum absolute atomic E-state index is 0. The number of aliphatic hydroxyl groups is 1. The molecule has 136 valence electrons. The first-order valence-corrected chi connectivity index (χ1v) is 9.23. The average Bonchev–Trinajstić information content (AvgIpc) is 3.32. The third-order valence-corrected chi connectivity index (χ3v) is 5.73. The quantitative estimate of drug-likeness (QED) is 0.722. The zero-order valence-electron chi connectivity index (χ0n) is 13.7. The second-order valence-electron chi connectivity index (χ2n) is 6.42. The molecule has 2 saturated heterocycles. The molecule has 25 heavy (non-hydrogen) atoms. The Hall–Kier alpha value is -1.48. The monoisotopic (exact) mass is 383 g/mol. The molecule has 2 aromatic rings. The Bertz CT molecular complexity index is 742. The summed E-state index contributed by atoms with van der Waals surface area (Å²) in [5.74, 6) is 0.960. The topological polar surface area (TPSA) is 90.4 Å². The third kappa shape index (κ3) is 3.57. The first-order chi connectivity index (χ1) is 11.7. The number of hydrogen-bond donors (Lipinski definition) is 3. The van der Waals surface area contributed by atoms with E-state index in [0.717, 1.165) is 42.0 Å². The predicted octanol–water partition coefficient (Wildman–Crippen LogP) is 0.778. The van der Waals surface area contributed by atoms with Crippen LogP contribution in [0.15, 0.2) is 17.8 Å². The van der Waals surface area contributed by atoms with Crippen LogP contribution in [0.1, 0.15) is 12.8 Å². The van der Waals surface area contributed by atoms with Crippen molar-refractivity contribution < 1.29 is 9.90 Å². The summed E-state index contributed by atoms with van der Waals surface area (Å²) in [7, 11) is 0. The Morgan fingerprint density at radius 1 is 1.44 bits per heavy atom. The van der Waals surface area contributed by atoms with Gasteiger partial charge in [-0.1, -0.05) is 0 Å². The van der Waals surface area contributed by atoms with Crippen LogP contribution < -0.4 is 15.5 Å². The number of nitrogens with zero attached hydrogens (tertiary/aromatic N) is 3. The molecule has 9 heteroatoms. The van der Waals surface area contributed by atoms with Crippen molar-refractivity contribution in [2.75, 3.05) is 31.1 Å². The number of amides is 1. The molecule has 7 nitrogen and oxygen atoms in total. The predicted molar refractivity (Wildman–Crippen MR) is 100 cm³/mol. The van der Waals surface area contributed by atoms with Crippen molar-refractivity contribution in [3.05, 3.63) is 17.8 Å². The Kier molecular flexibility index (Phi) is 5.73. The van der Waals surface area contributed by atoms with Crippen molar-refractivity contribution in [1.29, 1.82) is 0 Å². The number of β-amino-alcohol motifs (C(OH)–C–C–N with tert-alkyl or cyclic N) is 1. The Labute approximate surface area is 156 Å². The second kappa shape index (κ2) is 7.82. The summed E-state index contributed by atoms with van der Waals surface area (Å²) >= 11 is 1.58. The summed E-state index contributed by atoms with van der Waals surface area (Å²) in [6, 6.07) is 1.82. The van der Waals surface area contributed by atoms with E-state index in [4.69, 9.17) is 0 Å². The molecule has 2 aliphatic heterocycles. The number of aromatic nitrogens is 2. The molecule has 0 bridgehead atoms. The van der Waals surface area contributed by atoms with Gasteiger partial charge in [0, 0.05) is 32.1 Å². The molecule has 3 atom stereocenters. The molecule has 4 heterocycles. The van der Waals surface area contributed by atoms with Gasteiger partial charge < -0.3 is 20.6 Å². The van der Waals surface area contributed by atoms with E-state index in [2.05, 4.69) is 25.5 Å². The molecule has 2 aromatic heterocycles. The van der Waals surface area contributed by atoms with Gasteiger partial charge in [0.2, 0.25) is 5.91 Å². The first-order valence-electron chi connectivity index (χ1n) is 8.35. The van der Waals surface area contributed by atoms with E-state index in [-0.39, 0.29) is 36.4 Å². The number of carbonyl (C=O) groups excluding carboxylic acids is 1. The molecule has 2 aliphatic rings. The van der Waals surface area contributed by atoms with Crippen molar-refractivity contribution in [2.24, 2.45) is 5.92 Å². The minimum Gasteiger partial charge on any atom is -0.391 e. The Balaban J connectivity index is 0.00000182. The largest absolute Gasteiger partial charge is 0.391 e. The molecule has 0 aromatic carbocycles. The van der Waals surface area contributed by atoms with E-state index < -0.39 is 0 Å². The number of fused-ring (bicyclic) bond motifs is 1. The standard InChI is InChI=1S/C16H21N5O2S.ClH/c22-13-8-17-6-10(13)7-18-15(23)12-2-1-4-21(12)14-11-3-5-24-16(11)20-9-19-14;/h3,5,9-10,12-13,17,22H,1-2,4,6-8H2,(H,18,23);1H. The lowest BCUT2D eigenvalue weighted by Crippen LogP contribution is -2.46. The Morgan fingerprint density at radius 3 is 3.12 bits per heavy atom. The van der Waals surface area contributed by atoms with E-state index >= 15 is 0 Å². The number of rotatable bonds is 4. The normalized spacial score (nSPS) is 26.0. The van der Waals surface area contributed by atoms with Crippen molar-refractivity contribution in [3.8, 4) is 0 Å². The van der Waals surface area contributed by atoms with E-state index in [1.807, 2.05) is 11.4 Å². The van der Waals surface area contributed by atoms with Crippen molar-refractivity contribution in [1.82, 2.24) is 20.6 Å². The number of aliphatic hydroxyl groups excluding tert-OH is 1. The van der Waals surface area contributed by atoms with Crippen LogP contribution in [0.5, 0.6) is 0 Å². The van der Waals surface area contributed by atoms with Gasteiger partial charge in [0.05, 0.1) is 11.5 Å². The van der Waals surface area contributed by atoms with Gasteiger partial charge in [0.15, 0.2) is 0 Å². The van der Waals surface area contributed by atoms with Gasteiger partial charge in [-0.2, -0.15) is 0 Å². The fourth-order valence-electron chi connectivity index (χ4n) is 3.58. The zero-order valence-corrected chi connectivity index (χ0v) is 15.4. The van der Waals surface area contributed by atoms with Crippen LogP contribution in [0.25, 0.3) is 10.2 Å². The fraction of sp³-hybridized carbons (Fsp3) is 0.562. The molecule has 0 aliphatic carbocycles. The third-order valence-electron chi connectivity index (χ3n) is 4.91. The molecule has 1 amide bonds. The van der Waals surface area contributed by atoms with Gasteiger partial charge in [0.1, 0.15) is 23.0 Å². The van der Waals surface area contributed by atoms with Crippen LogP contribution in [0.4, 0.5) is 5.82 Å². The summed E-state index contributed by atoms with van der Waals surface area (Å²) in [6.07, 6.45) is 2.99. The summed E-state index contributed by atoms with van der Waals surface area (Å²) in [5.41, 5.74) is 0. The van der Waals surface area contributed by atoms with Gasteiger partial charge in [-0.15, -0.1) is 23.7 Å². The maximum absolute atomic E-state index is 12.7. The number of carbonyl (C=O) groups is 1. The van der Waals surface area contributed by atoms with E-state index in [0.29, 0.717) is 13.1 Å². The molecular weight excluding hydrogens is 362 g/mol. The highest BCUT2D eigenvalue weighted by Gasteiger charge is 2.33. The highest BCUT2D eigenvalue weighted by molar-refractivity contribution is 7.16. The Morgan fingerprint density at radius 2 is 2.32 bits per heavy atom. The smallest absolute Gasteiger partial charge is 0.242 e. The minimum atomic E-state index is -0.378. The van der Waals surface area contributed by atoms with Crippen LogP contribution >= 0.6 is 23.7 Å². The van der Waals surface area contributed by atoms with Crippen molar-refractivity contribution in [3.63, 3.8) is 0 Å². The van der Waals surface area contributed by atoms with Gasteiger partial charge in [-0.3, -0.25) is 4.79 Å². The summed E-state index contributed by atoms with van der Waals surface area (Å²) in [6.45, 7) is 2.69. The molecule has 3 N–H and O–H groups in total. The number of halogens is 1. The lowest BCUT2D eigenvalue weighted by molar-refractivity contribution is -0.122. The van der Waals surface area contributed by atoms with Gasteiger partial charge in [-0.05, 0) is 24.3 Å². The molecule has 2 fully saturated rings. The number of nitrogens with one attached hydrogen (secondary N) is 2. The van der Waals surface area contributed by atoms with Crippen LogP contribution in [-0.2, 0) is 4.79 Å². The second-order valence-corrected chi connectivity index (χ2v) is 7.31. The highest BCUT2D eigenvalue weighted by atomic mass is 35.5. The van der Waals surface area contributed by atoms with Gasteiger partial charge >= 0.3 is 0 Å². The van der Waals surface area contributed by atoms with E-state index in [1.165, 1.54) is 0 Å². The molecular formula is C16H22ClN5O2S. The van der Waals surface area contributed by atoms with E-state index in [1.54, 1.807) is 17.7 Å². The SMILES string of the molecule is Cl.O=C(NCC1CNCC1O)C1CCCN1c1ncnc2sccc12. The molecule has 0 spiro atoms. The number of anilines is 1. The van der Waals surface area contributed by atoms with E-state index in [9.17, 15) is 9.90 Å². The maximum atomic E-state index is 12.7. The van der Waals surface area contributed by atoms with Gasteiger partial charge in [0.25, 0.3) is 0 Å². The van der Waals surface area contributed by atoms with Gasteiger partial charge in [-0.25, -0.2) is 9.97 Å². The fourth-order valence-corrected chi connectivity index (χ4v) is 4.30. The van der Waals surface area contributed by atoms with Crippen molar-refractivity contribution >= 4 is 45.7 Å². The first kappa shape index (κ1) is 18.3. The zero-order chi connectivity index (χ0) is 16.5. The van der Waals surface area contributed by atoms with Crippen LogP contribution in [0, 0.1) is 5.92 Å². The lowest BCUT2D eigenvalue weighted by atomic mass is 10.1. The number of thiophene rings is 1. The average molecular weight is 384 g/mol. The summed E-state index contributed by atoms with van der Waals surface area (Å²) < 4.78 is 0. The summed E-state index contributed by atoms with van der Waals surface area (Å²) in [4.78, 5) is 24.4. The lowest BCUT2D eigenvalue weighted by Gasteiger charge is -2.26. The molecule has 0 radical (unpaired) electrons. The van der Waals surface area contributed by atoms with Crippen LogP contribution in [-0.4, -0.2) is 59.3 Å². The maximum Gasteiger partial charge on any atom is 0.242 e. The summed E-state index contributed by atoms with van der Waals surface area (Å²) in [5, 5.41) is 19.0. The van der Waals surface area contributed by atoms with Crippen molar-refractivity contribution in [2.45, 2.75) is 25.0 Å². The highest BCUT2D eigenvalue weighted by Crippen LogP contribution is 2.31. The van der Waals surface area contributed by atoms with Crippen LogP contribution in [0.2, 0.25) is 0 Å².